The summed E-state index contributed by atoms with van der Waals surface area (Å²) in [5, 5.41) is 5.04. The highest BCUT2D eigenvalue weighted by Gasteiger charge is 2.24. The SMILES string of the molecule is C=C(C)C(=O)OCCNC(=O)OC(COCC1CCC(COCC(COc2ccccc2)OC(=O)NCCOC(=O)C(=C)C)CC1)COC(=O)C(=C)C. The molecule has 15 heteroatoms. The fourth-order valence-electron chi connectivity index (χ4n) is 4.75. The van der Waals surface area contributed by atoms with E-state index in [1.54, 1.807) is 12.1 Å². The summed E-state index contributed by atoms with van der Waals surface area (Å²) in [4.78, 5) is 59.7. The van der Waals surface area contributed by atoms with E-state index < -0.39 is 42.3 Å². The molecule has 0 saturated heterocycles. The molecule has 0 heterocycles. The second kappa shape index (κ2) is 25.1. The Labute approximate surface area is 311 Å². The van der Waals surface area contributed by atoms with Crippen LogP contribution in [-0.2, 0) is 47.5 Å². The zero-order valence-corrected chi connectivity index (χ0v) is 31.0. The molecule has 53 heavy (non-hydrogen) atoms. The normalized spacial score (nSPS) is 16.1. The largest absolute Gasteiger partial charge is 0.490 e. The van der Waals surface area contributed by atoms with Crippen LogP contribution in [0.4, 0.5) is 9.59 Å². The molecule has 1 aromatic carbocycles. The third-order valence-corrected chi connectivity index (χ3v) is 7.66. The number of hydrogen-bond acceptors (Lipinski definition) is 13. The second-order valence-corrected chi connectivity index (χ2v) is 12.7. The van der Waals surface area contributed by atoms with Crippen LogP contribution in [0.2, 0.25) is 0 Å². The Morgan fingerprint density at radius 1 is 0.623 bits per heavy atom. The van der Waals surface area contributed by atoms with Gasteiger partial charge in [-0.3, -0.25) is 0 Å². The van der Waals surface area contributed by atoms with E-state index in [1.807, 2.05) is 18.2 Å². The van der Waals surface area contributed by atoms with Gasteiger partial charge in [0.25, 0.3) is 0 Å². The Morgan fingerprint density at radius 2 is 1.04 bits per heavy atom. The summed E-state index contributed by atoms with van der Waals surface area (Å²) >= 11 is 0. The second-order valence-electron chi connectivity index (χ2n) is 12.7. The van der Waals surface area contributed by atoms with Crippen LogP contribution in [0.25, 0.3) is 0 Å². The number of para-hydroxylation sites is 1. The first-order chi connectivity index (χ1) is 25.3. The summed E-state index contributed by atoms with van der Waals surface area (Å²) < 4.78 is 43.7. The number of ether oxygens (including phenoxy) is 8. The molecule has 2 atom stereocenters. The van der Waals surface area contributed by atoms with Crippen molar-refractivity contribution in [2.24, 2.45) is 11.8 Å². The zero-order valence-electron chi connectivity index (χ0n) is 31.0. The number of nitrogens with one attached hydrogen (secondary N) is 2. The van der Waals surface area contributed by atoms with Gasteiger partial charge in [-0.2, -0.15) is 0 Å². The molecule has 1 aromatic rings. The van der Waals surface area contributed by atoms with Gasteiger partial charge in [0.15, 0.2) is 12.2 Å². The predicted octanol–water partition coefficient (Wildman–Crippen LogP) is 4.45. The molecule has 0 radical (unpaired) electrons. The van der Waals surface area contributed by atoms with Gasteiger partial charge in [-0.05, 0) is 70.4 Å². The van der Waals surface area contributed by atoms with E-state index in [4.69, 9.17) is 37.9 Å². The van der Waals surface area contributed by atoms with Gasteiger partial charge >= 0.3 is 30.1 Å². The number of alkyl carbamates (subject to hydrolysis) is 2. The number of benzene rings is 1. The molecule has 0 aliphatic heterocycles. The standard InChI is InChI=1S/C38H54N2O13/c1-26(2)34(41)48-18-16-39-37(44)52-32(24-50-31-10-8-7-9-11-31)22-46-20-29-12-14-30(15-13-29)21-47-23-33(25-51-36(43)28(5)6)53-38(45)40-17-19-49-35(42)27(3)4/h7-11,29-30,32-33H,1,3,5,12-25H2,2,4,6H3,(H,39,44)(H,40,45). The van der Waals surface area contributed by atoms with Crippen molar-refractivity contribution in [2.75, 3.05) is 65.9 Å². The Hall–Kier alpha value is -4.89. The minimum atomic E-state index is -0.872. The van der Waals surface area contributed by atoms with Gasteiger partial charge in [0, 0.05) is 29.9 Å². The number of hydrogen-bond donors (Lipinski definition) is 2. The molecule has 0 aromatic heterocycles. The molecule has 0 spiro atoms. The van der Waals surface area contributed by atoms with Gasteiger partial charge in [0.05, 0.1) is 26.3 Å². The molecule has 1 fully saturated rings. The third kappa shape index (κ3) is 20.1. The van der Waals surface area contributed by atoms with Gasteiger partial charge in [-0.25, -0.2) is 24.0 Å². The summed E-state index contributed by atoms with van der Waals surface area (Å²) in [6, 6.07) is 9.15. The van der Waals surface area contributed by atoms with E-state index >= 15 is 0 Å². The molecule has 2 amide bonds. The fraction of sp³-hybridized carbons (Fsp3) is 0.553. The van der Waals surface area contributed by atoms with Crippen LogP contribution < -0.4 is 15.4 Å². The molecule has 1 aliphatic carbocycles. The van der Waals surface area contributed by atoms with E-state index in [-0.39, 0.29) is 75.4 Å². The first kappa shape index (κ1) is 44.3. The molecule has 2 N–H and O–H groups in total. The molecule has 2 unspecified atom stereocenters. The van der Waals surface area contributed by atoms with Crippen molar-refractivity contribution in [3.05, 3.63) is 66.8 Å². The minimum Gasteiger partial charge on any atom is -0.490 e. The lowest BCUT2D eigenvalue weighted by Crippen LogP contribution is -2.37. The van der Waals surface area contributed by atoms with Crippen molar-refractivity contribution >= 4 is 30.1 Å². The smallest absolute Gasteiger partial charge is 0.407 e. The highest BCUT2D eigenvalue weighted by atomic mass is 16.6. The van der Waals surface area contributed by atoms with Gasteiger partial charge in [0.1, 0.15) is 32.2 Å². The van der Waals surface area contributed by atoms with Crippen LogP contribution in [-0.4, -0.2) is 108 Å². The molecule has 1 saturated carbocycles. The van der Waals surface area contributed by atoms with E-state index in [9.17, 15) is 24.0 Å². The summed E-state index contributed by atoms with van der Waals surface area (Å²) in [6.45, 7) is 16.0. The summed E-state index contributed by atoms with van der Waals surface area (Å²) in [7, 11) is 0. The van der Waals surface area contributed by atoms with Crippen molar-refractivity contribution in [1.29, 1.82) is 0 Å². The van der Waals surface area contributed by atoms with Crippen molar-refractivity contribution in [2.45, 2.75) is 58.7 Å². The van der Waals surface area contributed by atoms with Crippen molar-refractivity contribution < 1.29 is 61.9 Å². The van der Waals surface area contributed by atoms with Crippen LogP contribution in [0.3, 0.4) is 0 Å². The summed E-state index contributed by atoms with van der Waals surface area (Å²) in [6.07, 6.45) is 0.554. The summed E-state index contributed by atoms with van der Waals surface area (Å²) in [5.41, 5.74) is 0.717. The monoisotopic (exact) mass is 746 g/mol. The van der Waals surface area contributed by atoms with Crippen molar-refractivity contribution in [3.8, 4) is 5.75 Å². The average molecular weight is 747 g/mol. The zero-order chi connectivity index (χ0) is 39.0. The van der Waals surface area contributed by atoms with Crippen LogP contribution in [0, 0.1) is 11.8 Å². The molecular formula is C38H54N2O13. The first-order valence-electron chi connectivity index (χ1n) is 17.5. The molecular weight excluding hydrogens is 692 g/mol. The molecule has 15 nitrogen and oxygen atoms in total. The van der Waals surface area contributed by atoms with E-state index in [0.717, 1.165) is 25.7 Å². The van der Waals surface area contributed by atoms with Crippen LogP contribution in [0.5, 0.6) is 5.75 Å². The Bertz CT molecular complexity index is 1360. The summed E-state index contributed by atoms with van der Waals surface area (Å²) in [5.74, 6) is -0.521. The third-order valence-electron chi connectivity index (χ3n) is 7.66. The number of esters is 3. The van der Waals surface area contributed by atoms with Gasteiger partial charge in [0.2, 0.25) is 0 Å². The molecule has 2 rings (SSSR count). The maximum absolute atomic E-state index is 12.4. The topological polar surface area (TPSA) is 183 Å². The highest BCUT2D eigenvalue weighted by molar-refractivity contribution is 5.87. The molecule has 294 valence electrons. The number of carbonyl (C=O) groups excluding carboxylic acids is 5. The van der Waals surface area contributed by atoms with Crippen LogP contribution in [0.15, 0.2) is 66.8 Å². The maximum Gasteiger partial charge on any atom is 0.407 e. The Balaban J connectivity index is 1.75. The van der Waals surface area contributed by atoms with Crippen molar-refractivity contribution in [3.63, 3.8) is 0 Å². The van der Waals surface area contributed by atoms with E-state index in [2.05, 4.69) is 30.4 Å². The highest BCUT2D eigenvalue weighted by Crippen LogP contribution is 2.29. The number of rotatable bonds is 24. The van der Waals surface area contributed by atoms with E-state index in [1.165, 1.54) is 20.8 Å². The van der Waals surface area contributed by atoms with Gasteiger partial charge in [-0.15, -0.1) is 0 Å². The first-order valence-corrected chi connectivity index (χ1v) is 17.5. The molecule has 0 bridgehead atoms. The number of carbonyl (C=O) groups is 5. The van der Waals surface area contributed by atoms with Gasteiger partial charge < -0.3 is 48.5 Å². The van der Waals surface area contributed by atoms with Crippen LogP contribution in [0.1, 0.15) is 46.5 Å². The lowest BCUT2D eigenvalue weighted by molar-refractivity contribution is -0.143. The molecule has 1 aliphatic rings. The number of amides is 2. The fourth-order valence-corrected chi connectivity index (χ4v) is 4.75. The lowest BCUT2D eigenvalue weighted by Gasteiger charge is -2.29. The quantitative estimate of drug-likeness (QED) is 0.0656. The van der Waals surface area contributed by atoms with Gasteiger partial charge in [-0.1, -0.05) is 37.9 Å². The van der Waals surface area contributed by atoms with Crippen LogP contribution >= 0.6 is 0 Å². The Kier molecular flexibility index (Phi) is 21.0. The van der Waals surface area contributed by atoms with E-state index in [0.29, 0.717) is 24.9 Å². The average Bonchev–Trinajstić information content (AvgIpc) is 3.13. The minimum absolute atomic E-state index is 0.00420. The predicted molar refractivity (Wildman–Crippen MR) is 193 cm³/mol. The maximum atomic E-state index is 12.4. The van der Waals surface area contributed by atoms with Crippen molar-refractivity contribution in [1.82, 2.24) is 10.6 Å². The lowest BCUT2D eigenvalue weighted by atomic mass is 9.83. The Morgan fingerprint density at radius 3 is 1.47 bits per heavy atom.